The predicted molar refractivity (Wildman–Crippen MR) is 101 cm³/mol. The maximum Gasteiger partial charge on any atom is 0.210 e. The number of ether oxygens (including phenoxy) is 1. The van der Waals surface area contributed by atoms with Crippen LogP contribution in [-0.2, 0) is 10.3 Å². The Labute approximate surface area is 163 Å². The van der Waals surface area contributed by atoms with Crippen LogP contribution in [-0.4, -0.2) is 47.5 Å². The number of hydrogen-bond donors (Lipinski definition) is 1. The summed E-state index contributed by atoms with van der Waals surface area (Å²) in [5, 5.41) is 3.70. The molecule has 2 aromatic rings. The summed E-state index contributed by atoms with van der Waals surface area (Å²) < 4.78 is 5.89. The van der Waals surface area contributed by atoms with E-state index in [-0.39, 0.29) is 31.4 Å². The molecule has 0 bridgehead atoms. The van der Waals surface area contributed by atoms with Crippen LogP contribution in [0.3, 0.4) is 0 Å². The van der Waals surface area contributed by atoms with Crippen molar-refractivity contribution < 1.29 is 9.53 Å². The summed E-state index contributed by atoms with van der Waals surface area (Å²) in [6, 6.07) is 9.03. The molecule has 0 aromatic carbocycles. The molecular formula is C16H19Cl3N4O2. The van der Waals surface area contributed by atoms with Gasteiger partial charge < -0.3 is 15.0 Å². The maximum absolute atomic E-state index is 11.6. The van der Waals surface area contributed by atoms with Gasteiger partial charge in [0, 0.05) is 25.8 Å². The molecule has 1 unspecified atom stereocenters. The van der Waals surface area contributed by atoms with Crippen molar-refractivity contribution in [1.82, 2.24) is 20.2 Å². The van der Waals surface area contributed by atoms with Crippen LogP contribution in [0.5, 0.6) is 5.75 Å². The van der Waals surface area contributed by atoms with E-state index in [4.69, 9.17) is 16.3 Å². The molecule has 1 amide bonds. The van der Waals surface area contributed by atoms with Gasteiger partial charge in [-0.2, -0.15) is 0 Å². The lowest BCUT2D eigenvalue weighted by Crippen LogP contribution is -2.61. The molecule has 136 valence electrons. The fraction of sp³-hybridized carbons (Fsp3) is 0.312. The van der Waals surface area contributed by atoms with E-state index in [9.17, 15) is 4.79 Å². The summed E-state index contributed by atoms with van der Waals surface area (Å²) in [6.45, 7) is 2.11. The van der Waals surface area contributed by atoms with Crippen molar-refractivity contribution >= 4 is 42.8 Å². The number of hydrogen-bond acceptors (Lipinski definition) is 5. The highest BCUT2D eigenvalue weighted by Gasteiger charge is 2.42. The minimum atomic E-state index is -0.708. The first-order chi connectivity index (χ1) is 11.2. The smallest absolute Gasteiger partial charge is 0.210 e. The number of amides is 1. The fourth-order valence-corrected chi connectivity index (χ4v) is 2.88. The SMILES string of the molecule is Cl.Cl.O=CN1CCNCC1(COc1cccnc1)c1cccc(Cl)n1. The lowest BCUT2D eigenvalue weighted by molar-refractivity contribution is -0.127. The van der Waals surface area contributed by atoms with Gasteiger partial charge in [-0.25, -0.2) is 4.98 Å². The molecule has 1 fully saturated rings. The summed E-state index contributed by atoms with van der Waals surface area (Å²) in [7, 11) is 0. The summed E-state index contributed by atoms with van der Waals surface area (Å²) >= 11 is 6.04. The molecular weight excluding hydrogens is 387 g/mol. The van der Waals surface area contributed by atoms with Crippen LogP contribution < -0.4 is 10.1 Å². The summed E-state index contributed by atoms with van der Waals surface area (Å²) in [5.74, 6) is 0.644. The second-order valence-electron chi connectivity index (χ2n) is 5.33. The molecule has 3 heterocycles. The molecule has 0 saturated carbocycles. The van der Waals surface area contributed by atoms with E-state index in [1.807, 2.05) is 18.2 Å². The molecule has 1 aliphatic rings. The van der Waals surface area contributed by atoms with Crippen molar-refractivity contribution in [1.29, 1.82) is 0 Å². The van der Waals surface area contributed by atoms with E-state index in [0.717, 1.165) is 13.0 Å². The van der Waals surface area contributed by atoms with E-state index in [0.29, 0.717) is 29.7 Å². The first-order valence-corrected chi connectivity index (χ1v) is 7.71. The van der Waals surface area contributed by atoms with E-state index in [1.54, 1.807) is 29.4 Å². The van der Waals surface area contributed by atoms with Crippen molar-refractivity contribution in [2.75, 3.05) is 26.2 Å². The topological polar surface area (TPSA) is 67.4 Å². The quantitative estimate of drug-likeness (QED) is 0.611. The van der Waals surface area contributed by atoms with Crippen LogP contribution in [0.1, 0.15) is 5.69 Å². The fourth-order valence-electron chi connectivity index (χ4n) is 2.71. The Morgan fingerprint density at radius 1 is 1.32 bits per heavy atom. The minimum absolute atomic E-state index is 0. The van der Waals surface area contributed by atoms with Crippen LogP contribution in [0, 0.1) is 0 Å². The average molecular weight is 406 g/mol. The molecule has 1 N–H and O–H groups in total. The van der Waals surface area contributed by atoms with Crippen LogP contribution in [0.4, 0.5) is 0 Å². The second-order valence-corrected chi connectivity index (χ2v) is 5.72. The zero-order valence-electron chi connectivity index (χ0n) is 13.3. The molecule has 3 rings (SSSR count). The molecule has 2 aromatic heterocycles. The highest BCUT2D eigenvalue weighted by molar-refractivity contribution is 6.29. The third-order valence-corrected chi connectivity index (χ3v) is 4.14. The van der Waals surface area contributed by atoms with Crippen molar-refractivity contribution in [2.45, 2.75) is 5.54 Å². The Hall–Kier alpha value is -1.60. The number of pyridine rings is 2. The Morgan fingerprint density at radius 2 is 2.16 bits per heavy atom. The van der Waals surface area contributed by atoms with E-state index in [2.05, 4.69) is 15.3 Å². The Balaban J connectivity index is 0.00000156. The summed E-state index contributed by atoms with van der Waals surface area (Å²) in [6.07, 6.45) is 4.16. The molecule has 1 atom stereocenters. The number of nitrogens with zero attached hydrogens (tertiary/aromatic N) is 3. The van der Waals surface area contributed by atoms with Crippen molar-refractivity contribution in [3.8, 4) is 5.75 Å². The minimum Gasteiger partial charge on any atom is -0.489 e. The number of nitrogens with one attached hydrogen (secondary N) is 1. The van der Waals surface area contributed by atoms with Crippen molar-refractivity contribution in [3.05, 3.63) is 53.6 Å². The van der Waals surface area contributed by atoms with Crippen molar-refractivity contribution in [2.24, 2.45) is 0 Å². The Kier molecular flexibility index (Phi) is 8.38. The molecule has 6 nitrogen and oxygen atoms in total. The first kappa shape index (κ1) is 21.4. The third-order valence-electron chi connectivity index (χ3n) is 3.93. The van der Waals surface area contributed by atoms with Crippen molar-refractivity contribution in [3.63, 3.8) is 0 Å². The molecule has 0 aliphatic carbocycles. The van der Waals surface area contributed by atoms with Gasteiger partial charge in [0.15, 0.2) is 0 Å². The van der Waals surface area contributed by atoms with Gasteiger partial charge in [-0.3, -0.25) is 9.78 Å². The molecule has 1 aliphatic heterocycles. The highest BCUT2D eigenvalue weighted by atomic mass is 35.5. The van der Waals surface area contributed by atoms with Gasteiger partial charge in [0.25, 0.3) is 0 Å². The number of piperazine rings is 1. The normalized spacial score (nSPS) is 19.3. The van der Waals surface area contributed by atoms with E-state index < -0.39 is 5.54 Å². The number of halogens is 3. The van der Waals surface area contributed by atoms with Gasteiger partial charge in [0.1, 0.15) is 23.0 Å². The largest absolute Gasteiger partial charge is 0.489 e. The molecule has 0 spiro atoms. The number of carbonyl (C=O) groups excluding carboxylic acids is 1. The van der Waals surface area contributed by atoms with Gasteiger partial charge in [0.2, 0.25) is 6.41 Å². The summed E-state index contributed by atoms with van der Waals surface area (Å²) in [4.78, 5) is 21.8. The standard InChI is InChI=1S/C16H17ClN4O2.2ClH/c17-15-5-1-4-14(20-15)16(10-19-7-8-21(16)12-22)11-23-13-3-2-6-18-9-13;;/h1-6,9,12,19H,7-8,10-11H2;2*1H. The number of carbonyl (C=O) groups is 1. The monoisotopic (exact) mass is 404 g/mol. The van der Waals surface area contributed by atoms with Gasteiger partial charge >= 0.3 is 0 Å². The average Bonchev–Trinajstić information content (AvgIpc) is 2.61. The Bertz CT molecular complexity index is 677. The number of aromatic nitrogens is 2. The van der Waals surface area contributed by atoms with Crippen LogP contribution >= 0.6 is 36.4 Å². The van der Waals surface area contributed by atoms with Gasteiger partial charge in [0.05, 0.1) is 11.9 Å². The third kappa shape index (κ3) is 4.73. The highest BCUT2D eigenvalue weighted by Crippen LogP contribution is 2.29. The van der Waals surface area contributed by atoms with Crippen LogP contribution in [0.2, 0.25) is 5.15 Å². The van der Waals surface area contributed by atoms with Gasteiger partial charge in [-0.1, -0.05) is 17.7 Å². The lowest BCUT2D eigenvalue weighted by atomic mass is 9.91. The lowest BCUT2D eigenvalue weighted by Gasteiger charge is -2.44. The zero-order valence-corrected chi connectivity index (χ0v) is 15.7. The molecule has 0 radical (unpaired) electrons. The van der Waals surface area contributed by atoms with Crippen LogP contribution in [0.15, 0.2) is 42.7 Å². The molecule has 25 heavy (non-hydrogen) atoms. The molecule has 9 heteroatoms. The zero-order chi connectivity index (χ0) is 16.1. The van der Waals surface area contributed by atoms with Crippen LogP contribution in [0.25, 0.3) is 0 Å². The molecule has 1 saturated heterocycles. The summed E-state index contributed by atoms with van der Waals surface area (Å²) in [5.41, 5.74) is -0.00557. The van der Waals surface area contributed by atoms with Gasteiger partial charge in [-0.15, -0.1) is 24.8 Å². The Morgan fingerprint density at radius 3 is 2.84 bits per heavy atom. The first-order valence-electron chi connectivity index (χ1n) is 7.33. The van der Waals surface area contributed by atoms with E-state index in [1.165, 1.54) is 0 Å². The number of rotatable bonds is 5. The maximum atomic E-state index is 11.6. The van der Waals surface area contributed by atoms with Gasteiger partial charge in [-0.05, 0) is 24.3 Å². The van der Waals surface area contributed by atoms with E-state index >= 15 is 0 Å². The second kappa shape index (κ2) is 9.77. The predicted octanol–water partition coefficient (Wildman–Crippen LogP) is 2.31.